The number of aromatic nitrogens is 1. The highest BCUT2D eigenvalue weighted by atomic mass is 16.2. The molecule has 1 aromatic carbocycles. The number of piperazine rings is 1. The van der Waals surface area contributed by atoms with Crippen LogP contribution >= 0.6 is 0 Å². The predicted molar refractivity (Wildman–Crippen MR) is 131 cm³/mol. The van der Waals surface area contributed by atoms with Crippen LogP contribution in [0.2, 0.25) is 0 Å². The van der Waals surface area contributed by atoms with Gasteiger partial charge in [-0.1, -0.05) is 12.1 Å². The van der Waals surface area contributed by atoms with E-state index in [4.69, 9.17) is 0 Å². The molecule has 0 bridgehead atoms. The van der Waals surface area contributed by atoms with Gasteiger partial charge < -0.3 is 20.4 Å². The molecule has 1 fully saturated rings. The summed E-state index contributed by atoms with van der Waals surface area (Å²) in [5.41, 5.74) is 5.36. The van der Waals surface area contributed by atoms with Crippen molar-refractivity contribution in [2.45, 2.75) is 39.8 Å². The number of pyridine rings is 1. The van der Waals surface area contributed by atoms with Gasteiger partial charge in [0.05, 0.1) is 16.9 Å². The first-order chi connectivity index (χ1) is 15.7. The maximum absolute atomic E-state index is 12.6. The fourth-order valence-electron chi connectivity index (χ4n) is 5.00. The van der Waals surface area contributed by atoms with Crippen LogP contribution in [0.4, 0.5) is 16.2 Å². The monoisotopic (exact) mass is 450 g/mol. The van der Waals surface area contributed by atoms with E-state index < -0.39 is 0 Å². The zero-order valence-corrected chi connectivity index (χ0v) is 20.2. The van der Waals surface area contributed by atoms with Crippen molar-refractivity contribution >= 4 is 23.3 Å². The highest BCUT2D eigenvalue weighted by molar-refractivity contribution is 5.94. The van der Waals surface area contributed by atoms with Crippen LogP contribution in [0.25, 0.3) is 0 Å². The Bertz CT molecular complexity index is 1060. The lowest BCUT2D eigenvalue weighted by Crippen LogP contribution is -2.51. The minimum absolute atomic E-state index is 0.0350. The number of benzene rings is 1. The van der Waals surface area contributed by atoms with Gasteiger partial charge in [0.2, 0.25) is 0 Å². The van der Waals surface area contributed by atoms with Gasteiger partial charge in [0, 0.05) is 57.6 Å². The Labute approximate surface area is 196 Å². The van der Waals surface area contributed by atoms with E-state index in [0.29, 0.717) is 12.2 Å². The second-order valence-electron chi connectivity index (χ2n) is 9.26. The molecule has 0 aliphatic carbocycles. The number of anilines is 2. The summed E-state index contributed by atoms with van der Waals surface area (Å²) in [6, 6.07) is 10.2. The lowest BCUT2D eigenvalue weighted by Gasteiger charge is -2.43. The van der Waals surface area contributed by atoms with Crippen molar-refractivity contribution < 1.29 is 9.59 Å². The molecule has 1 aromatic heterocycles. The first kappa shape index (κ1) is 23.0. The largest absolute Gasteiger partial charge is 0.368 e. The molecule has 0 unspecified atom stereocenters. The summed E-state index contributed by atoms with van der Waals surface area (Å²) in [5, 5.41) is 5.69. The first-order valence-electron chi connectivity index (χ1n) is 11.6. The highest BCUT2D eigenvalue weighted by Crippen LogP contribution is 2.38. The van der Waals surface area contributed by atoms with E-state index in [1.807, 2.05) is 24.8 Å². The van der Waals surface area contributed by atoms with Crippen molar-refractivity contribution in [2.24, 2.45) is 0 Å². The zero-order chi connectivity index (χ0) is 23.8. The minimum atomic E-state index is -0.324. The van der Waals surface area contributed by atoms with Crippen molar-refractivity contribution in [3.63, 3.8) is 0 Å². The fourth-order valence-corrected chi connectivity index (χ4v) is 5.00. The van der Waals surface area contributed by atoms with Crippen LogP contribution in [0, 0.1) is 6.92 Å². The number of amides is 3. The van der Waals surface area contributed by atoms with Gasteiger partial charge in [-0.25, -0.2) is 9.78 Å². The minimum Gasteiger partial charge on any atom is -0.368 e. The van der Waals surface area contributed by atoms with E-state index in [1.54, 1.807) is 13.1 Å². The number of carbonyl (C=O) groups excluding carboxylic acids is 2. The summed E-state index contributed by atoms with van der Waals surface area (Å²) in [4.78, 5) is 35.5. The Morgan fingerprint density at radius 3 is 2.52 bits per heavy atom. The second-order valence-corrected chi connectivity index (χ2v) is 9.26. The van der Waals surface area contributed by atoms with Crippen molar-refractivity contribution in [1.29, 1.82) is 0 Å². The van der Waals surface area contributed by atoms with Gasteiger partial charge in [-0.15, -0.1) is 0 Å². The molecule has 0 radical (unpaired) electrons. The molecule has 2 aliphatic heterocycles. The fraction of sp³-hybridized carbons (Fsp3) is 0.480. The Kier molecular flexibility index (Phi) is 6.30. The van der Waals surface area contributed by atoms with E-state index in [0.717, 1.165) is 55.4 Å². The van der Waals surface area contributed by atoms with Crippen LogP contribution in [0.3, 0.4) is 0 Å². The van der Waals surface area contributed by atoms with E-state index in [-0.39, 0.29) is 17.5 Å². The van der Waals surface area contributed by atoms with Gasteiger partial charge in [0.15, 0.2) is 0 Å². The molecular formula is C25H34N6O2. The molecule has 8 nitrogen and oxygen atoms in total. The maximum atomic E-state index is 12.6. The van der Waals surface area contributed by atoms with E-state index in [2.05, 4.69) is 57.5 Å². The number of nitrogens with one attached hydrogen (secondary N) is 2. The second kappa shape index (κ2) is 9.02. The average molecular weight is 451 g/mol. The molecule has 2 aliphatic rings. The molecule has 2 N–H and O–H groups in total. The summed E-state index contributed by atoms with van der Waals surface area (Å²) >= 11 is 0. The summed E-state index contributed by atoms with van der Waals surface area (Å²) in [6.07, 6.45) is 0. The number of hydrogen-bond acceptors (Lipinski definition) is 5. The number of carbonyl (C=O) groups is 2. The van der Waals surface area contributed by atoms with E-state index in [1.165, 1.54) is 5.56 Å². The summed E-state index contributed by atoms with van der Waals surface area (Å²) in [7, 11) is 1.61. The Balaban J connectivity index is 1.41. The van der Waals surface area contributed by atoms with Crippen LogP contribution in [-0.4, -0.2) is 66.5 Å². The molecule has 176 valence electrons. The molecule has 3 heterocycles. The van der Waals surface area contributed by atoms with Gasteiger partial charge >= 0.3 is 6.03 Å². The Hall–Kier alpha value is -3.13. The lowest BCUT2D eigenvalue weighted by molar-refractivity contribution is 0.0958. The Morgan fingerprint density at radius 2 is 1.88 bits per heavy atom. The lowest BCUT2D eigenvalue weighted by atomic mass is 9.88. The topological polar surface area (TPSA) is 80.8 Å². The average Bonchev–Trinajstić information content (AvgIpc) is 2.79. The van der Waals surface area contributed by atoms with Gasteiger partial charge in [-0.2, -0.15) is 0 Å². The molecule has 2 aromatic rings. The van der Waals surface area contributed by atoms with Crippen molar-refractivity contribution in [3.05, 3.63) is 52.8 Å². The highest BCUT2D eigenvalue weighted by Gasteiger charge is 2.38. The van der Waals surface area contributed by atoms with Crippen LogP contribution in [0.15, 0.2) is 30.3 Å². The van der Waals surface area contributed by atoms with Crippen LogP contribution in [-0.2, 0) is 12.1 Å². The van der Waals surface area contributed by atoms with E-state index >= 15 is 0 Å². The number of aryl methyl sites for hydroxylation is 1. The molecule has 0 saturated carbocycles. The molecule has 8 heteroatoms. The molecular weight excluding hydrogens is 416 g/mol. The van der Waals surface area contributed by atoms with Crippen molar-refractivity contribution in [1.82, 2.24) is 20.1 Å². The zero-order valence-electron chi connectivity index (χ0n) is 20.2. The van der Waals surface area contributed by atoms with E-state index in [9.17, 15) is 9.59 Å². The normalized spacial score (nSPS) is 18.0. The van der Waals surface area contributed by atoms with Crippen molar-refractivity contribution in [3.8, 4) is 0 Å². The number of urea groups is 1. The molecule has 1 saturated heterocycles. The molecule has 0 spiro atoms. The first-order valence-corrected chi connectivity index (χ1v) is 11.6. The van der Waals surface area contributed by atoms with Crippen molar-refractivity contribution in [2.75, 3.05) is 50.0 Å². The molecule has 3 amide bonds. The van der Waals surface area contributed by atoms with Gasteiger partial charge in [-0.05, 0) is 51.5 Å². The number of nitrogens with zero attached hydrogens (tertiary/aromatic N) is 4. The van der Waals surface area contributed by atoms with Gasteiger partial charge in [0.25, 0.3) is 5.91 Å². The molecule has 0 atom stereocenters. The summed E-state index contributed by atoms with van der Waals surface area (Å²) in [6.45, 7) is 13.4. The third-order valence-corrected chi connectivity index (χ3v) is 6.86. The smallest absolute Gasteiger partial charge is 0.322 e. The number of fused-ring (bicyclic) bond motifs is 1. The van der Waals surface area contributed by atoms with Crippen LogP contribution in [0.5, 0.6) is 0 Å². The predicted octanol–water partition coefficient (Wildman–Crippen LogP) is 3.17. The summed E-state index contributed by atoms with van der Waals surface area (Å²) in [5.74, 6) is -0.165. The standard InChI is InChI=1S/C25H34N6O2/c1-6-31-24(33)28-21-15-18(7-8-19(21)25(31,3)4)16-29-11-13-30(14-12-29)22-10-9-20(23(32)26-5)27-17(22)2/h7-10,15H,6,11-14,16H2,1-5H3,(H,26,32)(H,28,33). The van der Waals surface area contributed by atoms with Gasteiger partial charge in [-0.3, -0.25) is 9.69 Å². The molecule has 4 rings (SSSR count). The molecule has 33 heavy (non-hydrogen) atoms. The van der Waals surface area contributed by atoms with Crippen LogP contribution < -0.4 is 15.5 Å². The quantitative estimate of drug-likeness (QED) is 0.731. The third-order valence-electron chi connectivity index (χ3n) is 6.86. The van der Waals surface area contributed by atoms with Crippen LogP contribution in [0.1, 0.15) is 48.1 Å². The number of rotatable bonds is 5. The maximum Gasteiger partial charge on any atom is 0.322 e. The van der Waals surface area contributed by atoms with Gasteiger partial charge in [0.1, 0.15) is 5.69 Å². The SMILES string of the molecule is CCN1C(=O)Nc2cc(CN3CCN(c4ccc(C(=O)NC)nc4C)CC3)ccc2C1(C)C. The number of hydrogen-bond donors (Lipinski definition) is 2. The Morgan fingerprint density at radius 1 is 1.15 bits per heavy atom. The summed E-state index contributed by atoms with van der Waals surface area (Å²) < 4.78 is 0. The third kappa shape index (κ3) is 4.39.